The predicted molar refractivity (Wildman–Crippen MR) is 232 cm³/mol. The quantitative estimate of drug-likeness (QED) is 0.185. The average molecular weight is 703 g/mol. The normalized spacial score (nSPS) is 14.1. The second-order valence-electron chi connectivity index (χ2n) is 14.6. The van der Waals surface area contributed by atoms with Crippen LogP contribution in [0.5, 0.6) is 0 Å². The molecule has 3 heterocycles. The van der Waals surface area contributed by atoms with E-state index >= 15 is 0 Å². The van der Waals surface area contributed by atoms with Crippen LogP contribution in [0.1, 0.15) is 11.7 Å². The Bertz CT molecular complexity index is 3290. The molecular weight excluding hydrogens is 669 g/mol. The number of aromatic nitrogens is 2. The van der Waals surface area contributed by atoms with Crippen LogP contribution in [0.3, 0.4) is 0 Å². The first kappa shape index (κ1) is 30.2. The van der Waals surface area contributed by atoms with Crippen LogP contribution in [0.2, 0.25) is 0 Å². The minimum Gasteiger partial charge on any atom is -0.359 e. The molecule has 0 amide bonds. The van der Waals surface area contributed by atoms with Gasteiger partial charge in [-0.2, -0.15) is 0 Å². The minimum absolute atomic E-state index is 0.0428. The molecular formula is C51H34N4. The van der Waals surface area contributed by atoms with Crippen LogP contribution in [0.15, 0.2) is 194 Å². The Kier molecular flexibility index (Phi) is 6.37. The van der Waals surface area contributed by atoms with Crippen molar-refractivity contribution in [2.75, 3.05) is 10.2 Å². The van der Waals surface area contributed by atoms with Gasteiger partial charge in [0.1, 0.15) is 6.17 Å². The van der Waals surface area contributed by atoms with E-state index in [1.807, 2.05) is 0 Å². The molecule has 4 heteroatoms. The Morgan fingerprint density at radius 3 is 1.60 bits per heavy atom. The van der Waals surface area contributed by atoms with Crippen LogP contribution in [-0.4, -0.2) is 9.13 Å². The van der Waals surface area contributed by atoms with Gasteiger partial charge in [-0.15, -0.1) is 0 Å². The highest BCUT2D eigenvalue weighted by Gasteiger charge is 2.33. The topological polar surface area (TPSA) is 25.1 Å². The summed E-state index contributed by atoms with van der Waals surface area (Å²) in [4.78, 5) is 2.48. The van der Waals surface area contributed by atoms with Gasteiger partial charge in [0, 0.05) is 44.0 Å². The number of nitrogens with zero attached hydrogens (tertiary/aromatic N) is 3. The van der Waals surface area contributed by atoms with Crippen LogP contribution in [-0.2, 0) is 0 Å². The van der Waals surface area contributed by atoms with E-state index in [1.54, 1.807) is 0 Å². The molecule has 55 heavy (non-hydrogen) atoms. The van der Waals surface area contributed by atoms with Crippen molar-refractivity contribution in [3.8, 4) is 11.4 Å². The molecule has 0 bridgehead atoms. The number of anilines is 3. The molecule has 0 radical (unpaired) electrons. The van der Waals surface area contributed by atoms with Crippen molar-refractivity contribution >= 4 is 82.2 Å². The summed E-state index contributed by atoms with van der Waals surface area (Å²) in [5.74, 6) is 0. The van der Waals surface area contributed by atoms with Crippen molar-refractivity contribution < 1.29 is 0 Å². The lowest BCUT2D eigenvalue weighted by Gasteiger charge is -2.28. The number of para-hydroxylation sites is 4. The summed E-state index contributed by atoms with van der Waals surface area (Å²) in [5.41, 5.74) is 11.8. The van der Waals surface area contributed by atoms with E-state index in [-0.39, 0.29) is 6.17 Å². The highest BCUT2D eigenvalue weighted by Crippen LogP contribution is 2.51. The molecule has 11 aromatic rings. The van der Waals surface area contributed by atoms with E-state index in [4.69, 9.17) is 0 Å². The van der Waals surface area contributed by atoms with Gasteiger partial charge >= 0.3 is 0 Å². The van der Waals surface area contributed by atoms with Gasteiger partial charge in [0.05, 0.1) is 33.4 Å². The molecule has 1 atom stereocenters. The zero-order chi connectivity index (χ0) is 36.0. The summed E-state index contributed by atoms with van der Waals surface area (Å²) in [5, 5.41) is 13.8. The highest BCUT2D eigenvalue weighted by molar-refractivity contribution is 6.21. The van der Waals surface area contributed by atoms with Crippen molar-refractivity contribution in [3.05, 3.63) is 200 Å². The number of nitrogens with one attached hydrogen (secondary N) is 1. The van der Waals surface area contributed by atoms with Gasteiger partial charge in [-0.1, -0.05) is 127 Å². The van der Waals surface area contributed by atoms with Crippen LogP contribution in [0.4, 0.5) is 17.1 Å². The molecule has 1 aliphatic heterocycles. The van der Waals surface area contributed by atoms with E-state index in [0.717, 1.165) is 22.7 Å². The fourth-order valence-corrected chi connectivity index (χ4v) is 9.26. The van der Waals surface area contributed by atoms with Crippen molar-refractivity contribution in [1.82, 2.24) is 9.13 Å². The molecule has 0 saturated carbocycles. The third-order valence-electron chi connectivity index (χ3n) is 11.6. The Morgan fingerprint density at radius 1 is 0.364 bits per heavy atom. The number of hydrogen-bond acceptors (Lipinski definition) is 2. The maximum absolute atomic E-state index is 3.91. The van der Waals surface area contributed by atoms with Gasteiger partial charge in [-0.3, -0.25) is 0 Å². The molecule has 0 spiro atoms. The third-order valence-corrected chi connectivity index (χ3v) is 11.6. The predicted octanol–water partition coefficient (Wildman–Crippen LogP) is 13.4. The van der Waals surface area contributed by atoms with Gasteiger partial charge in [0.25, 0.3) is 0 Å². The number of fused-ring (bicyclic) bond motifs is 11. The molecule has 258 valence electrons. The molecule has 0 aliphatic carbocycles. The summed E-state index contributed by atoms with van der Waals surface area (Å²) in [6, 6.07) is 70.8. The van der Waals surface area contributed by atoms with Gasteiger partial charge in [0.15, 0.2) is 0 Å². The third kappa shape index (κ3) is 4.40. The maximum Gasteiger partial charge on any atom is 0.130 e. The largest absolute Gasteiger partial charge is 0.359 e. The van der Waals surface area contributed by atoms with E-state index < -0.39 is 0 Å². The monoisotopic (exact) mass is 702 g/mol. The second-order valence-corrected chi connectivity index (χ2v) is 14.6. The van der Waals surface area contributed by atoms with Crippen LogP contribution < -0.4 is 10.2 Å². The first-order chi connectivity index (χ1) is 27.3. The lowest BCUT2D eigenvalue weighted by atomic mass is 9.98. The number of rotatable bonds is 4. The van der Waals surface area contributed by atoms with Gasteiger partial charge in [-0.05, 0) is 88.5 Å². The summed E-state index contributed by atoms with van der Waals surface area (Å²) in [6.07, 6.45) is -0.0428. The Labute approximate surface area is 317 Å². The molecule has 0 fully saturated rings. The lowest BCUT2D eigenvalue weighted by Crippen LogP contribution is -2.23. The summed E-state index contributed by atoms with van der Waals surface area (Å²) in [6.45, 7) is 0. The zero-order valence-electron chi connectivity index (χ0n) is 29.9. The Morgan fingerprint density at radius 2 is 0.909 bits per heavy atom. The van der Waals surface area contributed by atoms with Crippen molar-refractivity contribution in [2.45, 2.75) is 6.17 Å². The maximum atomic E-state index is 3.91. The molecule has 12 rings (SSSR count). The molecule has 1 aliphatic rings. The molecule has 9 aromatic carbocycles. The SMILES string of the molecule is c1ccc(C2Nc3ccc4ccc5ccc(-n6c7ccccc7c7cc8c9ccccc9n(-c9ccccc9)c8cc76)cc5c4c3N2c2ccccc2)cc1. The van der Waals surface area contributed by atoms with Crippen LogP contribution in [0.25, 0.3) is 76.5 Å². The Hall–Kier alpha value is -7.30. The summed E-state index contributed by atoms with van der Waals surface area (Å²) >= 11 is 0. The van der Waals surface area contributed by atoms with Crippen LogP contribution in [0, 0.1) is 0 Å². The molecule has 0 saturated heterocycles. The average Bonchev–Trinajstić information content (AvgIpc) is 3.91. The molecule has 1 N–H and O–H groups in total. The standard InChI is InChI=1S/C51H34N4/c1-4-14-35(15-5-1)51-52-44-29-27-34-25-24-33-26-28-38(30-41(33)49(34)50(44)55(51)37-18-8-3-9-19-37)54-46-23-13-11-21-40(46)43-31-42-39-20-10-12-22-45(39)53(47(42)32-48(43)54)36-16-6-2-7-17-36/h1-32,51-52H. The number of hydrogen-bond donors (Lipinski definition) is 1. The first-order valence-electron chi connectivity index (χ1n) is 19.0. The fraction of sp³-hybridized carbons (Fsp3) is 0.0196. The minimum atomic E-state index is -0.0428. The fourth-order valence-electron chi connectivity index (χ4n) is 9.26. The van der Waals surface area contributed by atoms with Gasteiger partial charge < -0.3 is 19.4 Å². The van der Waals surface area contributed by atoms with Crippen molar-refractivity contribution in [2.24, 2.45) is 0 Å². The van der Waals surface area contributed by atoms with E-state index in [1.165, 1.54) is 76.4 Å². The molecule has 4 nitrogen and oxygen atoms in total. The molecule has 2 aromatic heterocycles. The summed E-state index contributed by atoms with van der Waals surface area (Å²) in [7, 11) is 0. The number of benzene rings is 9. The smallest absolute Gasteiger partial charge is 0.130 e. The molecule has 1 unspecified atom stereocenters. The highest BCUT2D eigenvalue weighted by atomic mass is 15.3. The second kappa shape index (κ2) is 11.6. The van der Waals surface area contributed by atoms with E-state index in [9.17, 15) is 0 Å². The van der Waals surface area contributed by atoms with E-state index in [0.29, 0.717) is 0 Å². The summed E-state index contributed by atoms with van der Waals surface area (Å²) < 4.78 is 4.89. The first-order valence-corrected chi connectivity index (χ1v) is 19.0. The van der Waals surface area contributed by atoms with Crippen LogP contribution >= 0.6 is 0 Å². The Balaban J connectivity index is 1.15. The van der Waals surface area contributed by atoms with E-state index in [2.05, 4.69) is 213 Å². The lowest BCUT2D eigenvalue weighted by molar-refractivity contribution is 0.830. The zero-order valence-corrected chi connectivity index (χ0v) is 29.9. The van der Waals surface area contributed by atoms with Gasteiger partial charge in [-0.25, -0.2) is 0 Å². The van der Waals surface area contributed by atoms with Crippen molar-refractivity contribution in [1.29, 1.82) is 0 Å². The van der Waals surface area contributed by atoms with Gasteiger partial charge in [0.2, 0.25) is 0 Å². The van der Waals surface area contributed by atoms with Crippen molar-refractivity contribution in [3.63, 3.8) is 0 Å².